The summed E-state index contributed by atoms with van der Waals surface area (Å²) in [5.41, 5.74) is -0.489. The summed E-state index contributed by atoms with van der Waals surface area (Å²) in [7, 11) is 1.91. The molecule has 4 rings (SSSR count). The Kier molecular flexibility index (Phi) is 4.79. The number of nitrogens with zero attached hydrogens (tertiary/aromatic N) is 5. The van der Waals surface area contributed by atoms with E-state index in [2.05, 4.69) is 28.7 Å². The van der Waals surface area contributed by atoms with E-state index in [1.54, 1.807) is 12.4 Å². The lowest BCUT2D eigenvalue weighted by Crippen LogP contribution is -2.53. The van der Waals surface area contributed by atoms with Crippen LogP contribution in [-0.4, -0.2) is 71.4 Å². The molecule has 0 radical (unpaired) electrons. The number of carbonyl (C=O) groups excluding carboxylic acids is 2. The zero-order chi connectivity index (χ0) is 19.9. The van der Waals surface area contributed by atoms with E-state index in [1.807, 2.05) is 22.9 Å². The first-order valence-electron chi connectivity index (χ1n) is 10.4. The average molecular weight is 386 g/mol. The van der Waals surface area contributed by atoms with Gasteiger partial charge in [0, 0.05) is 64.0 Å². The molecule has 1 aromatic rings. The van der Waals surface area contributed by atoms with E-state index in [4.69, 9.17) is 0 Å². The molecule has 1 aromatic heterocycles. The highest BCUT2D eigenvalue weighted by Crippen LogP contribution is 2.58. The van der Waals surface area contributed by atoms with Gasteiger partial charge in [-0.15, -0.1) is 0 Å². The maximum atomic E-state index is 13.3. The molecule has 3 aliphatic rings. The van der Waals surface area contributed by atoms with Crippen molar-refractivity contribution in [2.24, 2.45) is 16.7 Å². The van der Waals surface area contributed by atoms with Gasteiger partial charge in [-0.1, -0.05) is 13.8 Å². The summed E-state index contributed by atoms with van der Waals surface area (Å²) < 4.78 is 0. The van der Waals surface area contributed by atoms with Crippen molar-refractivity contribution in [2.45, 2.75) is 39.5 Å². The fourth-order valence-electron chi connectivity index (χ4n) is 5.53. The number of carbonyl (C=O) groups is 2. The largest absolute Gasteiger partial charge is 0.345 e. The first-order valence-corrected chi connectivity index (χ1v) is 10.4. The summed E-state index contributed by atoms with van der Waals surface area (Å²) >= 11 is 0. The Bertz CT molecular complexity index is 744. The van der Waals surface area contributed by atoms with E-state index in [0.717, 1.165) is 45.4 Å². The zero-order valence-corrected chi connectivity index (χ0v) is 17.2. The lowest BCUT2D eigenvalue weighted by Gasteiger charge is -2.46. The van der Waals surface area contributed by atoms with Gasteiger partial charge in [-0.3, -0.25) is 9.59 Å². The number of aromatic nitrogens is 2. The summed E-state index contributed by atoms with van der Waals surface area (Å²) in [4.78, 5) is 40.8. The highest BCUT2D eigenvalue weighted by atomic mass is 16.2. The first kappa shape index (κ1) is 19.2. The van der Waals surface area contributed by atoms with Crippen LogP contribution in [0.25, 0.3) is 0 Å². The number of hydrogen-bond acceptors (Lipinski definition) is 5. The summed E-state index contributed by atoms with van der Waals surface area (Å²) in [6.45, 7) is 7.94. The monoisotopic (exact) mass is 385 g/mol. The van der Waals surface area contributed by atoms with Crippen LogP contribution in [0.15, 0.2) is 18.5 Å². The number of likely N-dealkylation sites (tertiary alicyclic amines) is 2. The predicted octanol–water partition coefficient (Wildman–Crippen LogP) is 1.80. The van der Waals surface area contributed by atoms with Gasteiger partial charge in [-0.25, -0.2) is 9.97 Å². The second-order valence-electron chi connectivity index (χ2n) is 9.22. The highest BCUT2D eigenvalue weighted by molar-refractivity contribution is 5.87. The molecule has 0 N–H and O–H groups in total. The first-order chi connectivity index (χ1) is 13.4. The molecule has 1 atom stereocenters. The van der Waals surface area contributed by atoms with Gasteiger partial charge in [0.15, 0.2) is 0 Å². The number of hydrogen-bond donors (Lipinski definition) is 0. The predicted molar refractivity (Wildman–Crippen MR) is 107 cm³/mol. The minimum absolute atomic E-state index is 0.108. The lowest BCUT2D eigenvalue weighted by atomic mass is 9.60. The van der Waals surface area contributed by atoms with Gasteiger partial charge in [0.25, 0.3) is 0 Å². The molecule has 152 valence electrons. The summed E-state index contributed by atoms with van der Waals surface area (Å²) in [6, 6.07) is 1.82. The second kappa shape index (κ2) is 7.01. The lowest BCUT2D eigenvalue weighted by molar-refractivity contribution is -0.143. The molecular formula is C21H31N5O2. The molecule has 4 heterocycles. The summed E-state index contributed by atoms with van der Waals surface area (Å²) in [5.74, 6) is 1.58. The molecule has 28 heavy (non-hydrogen) atoms. The van der Waals surface area contributed by atoms with Crippen LogP contribution in [0.2, 0.25) is 0 Å². The third-order valence-corrected chi connectivity index (χ3v) is 7.09. The SMILES string of the molecule is CC(C)CC(=O)N1CCC2(CC1)CN(c1ncccn1)CC21CCN(C)C1=O. The molecule has 3 saturated heterocycles. The maximum absolute atomic E-state index is 13.3. The molecule has 0 saturated carbocycles. The minimum Gasteiger partial charge on any atom is -0.345 e. The Balaban J connectivity index is 1.59. The molecule has 7 heteroatoms. The van der Waals surface area contributed by atoms with E-state index in [9.17, 15) is 9.59 Å². The van der Waals surface area contributed by atoms with Crippen LogP contribution in [-0.2, 0) is 9.59 Å². The van der Waals surface area contributed by atoms with Crippen LogP contribution in [0.4, 0.5) is 5.95 Å². The van der Waals surface area contributed by atoms with Crippen molar-refractivity contribution in [1.29, 1.82) is 0 Å². The molecule has 3 fully saturated rings. The van der Waals surface area contributed by atoms with E-state index in [-0.39, 0.29) is 22.6 Å². The van der Waals surface area contributed by atoms with Crippen molar-refractivity contribution >= 4 is 17.8 Å². The third kappa shape index (κ3) is 2.95. The molecule has 3 aliphatic heterocycles. The number of anilines is 1. The average Bonchev–Trinajstić information content (AvgIpc) is 3.16. The maximum Gasteiger partial charge on any atom is 0.231 e. The molecule has 0 aliphatic carbocycles. The van der Waals surface area contributed by atoms with Crippen LogP contribution >= 0.6 is 0 Å². The number of amides is 2. The molecule has 2 spiro atoms. The fraction of sp³-hybridized carbons (Fsp3) is 0.714. The minimum atomic E-state index is -0.381. The van der Waals surface area contributed by atoms with Crippen molar-refractivity contribution in [2.75, 3.05) is 44.7 Å². The van der Waals surface area contributed by atoms with E-state index in [0.29, 0.717) is 24.8 Å². The van der Waals surface area contributed by atoms with Gasteiger partial charge in [-0.05, 0) is 31.2 Å². The Morgan fingerprint density at radius 3 is 2.36 bits per heavy atom. The van der Waals surface area contributed by atoms with Gasteiger partial charge in [-0.2, -0.15) is 0 Å². The highest BCUT2D eigenvalue weighted by Gasteiger charge is 2.65. The molecule has 1 unspecified atom stereocenters. The van der Waals surface area contributed by atoms with Crippen molar-refractivity contribution in [3.8, 4) is 0 Å². The van der Waals surface area contributed by atoms with E-state index >= 15 is 0 Å². The van der Waals surface area contributed by atoms with Crippen molar-refractivity contribution in [3.05, 3.63) is 18.5 Å². The zero-order valence-electron chi connectivity index (χ0n) is 17.2. The van der Waals surface area contributed by atoms with Gasteiger partial charge in [0.05, 0.1) is 5.41 Å². The summed E-state index contributed by atoms with van der Waals surface area (Å²) in [5, 5.41) is 0. The molecule has 0 bridgehead atoms. The Morgan fingerprint density at radius 1 is 1.11 bits per heavy atom. The number of piperidine rings is 1. The van der Waals surface area contributed by atoms with Crippen LogP contribution in [0.1, 0.15) is 39.5 Å². The Morgan fingerprint density at radius 2 is 1.79 bits per heavy atom. The van der Waals surface area contributed by atoms with Gasteiger partial charge < -0.3 is 14.7 Å². The van der Waals surface area contributed by atoms with Crippen LogP contribution in [0.5, 0.6) is 0 Å². The number of fused-ring (bicyclic) bond motifs is 1. The molecular weight excluding hydrogens is 354 g/mol. The Labute approximate surface area is 167 Å². The standard InChI is InChI=1S/C21H31N5O2/c1-16(2)13-17(27)25-11-5-20(6-12-25)14-26(19-22-8-4-9-23-19)15-21(20)7-10-24(3)18(21)28/h4,8-9,16H,5-7,10-15H2,1-3H3. The van der Waals surface area contributed by atoms with Crippen molar-refractivity contribution in [1.82, 2.24) is 19.8 Å². The second-order valence-corrected chi connectivity index (χ2v) is 9.22. The van der Waals surface area contributed by atoms with Crippen molar-refractivity contribution in [3.63, 3.8) is 0 Å². The topological polar surface area (TPSA) is 69.6 Å². The van der Waals surface area contributed by atoms with Crippen LogP contribution in [0.3, 0.4) is 0 Å². The quantitative estimate of drug-likeness (QED) is 0.794. The molecule has 2 amide bonds. The van der Waals surface area contributed by atoms with Crippen LogP contribution in [0, 0.1) is 16.7 Å². The van der Waals surface area contributed by atoms with Crippen molar-refractivity contribution < 1.29 is 9.59 Å². The molecule has 0 aromatic carbocycles. The Hall–Kier alpha value is -2.18. The fourth-order valence-corrected chi connectivity index (χ4v) is 5.53. The smallest absolute Gasteiger partial charge is 0.231 e. The number of rotatable bonds is 3. The van der Waals surface area contributed by atoms with E-state index < -0.39 is 0 Å². The molecule has 7 nitrogen and oxygen atoms in total. The van der Waals surface area contributed by atoms with Gasteiger partial charge in [0.1, 0.15) is 0 Å². The van der Waals surface area contributed by atoms with E-state index in [1.165, 1.54) is 0 Å². The summed E-state index contributed by atoms with van der Waals surface area (Å²) in [6.07, 6.45) is 6.75. The third-order valence-electron chi connectivity index (χ3n) is 7.09. The van der Waals surface area contributed by atoms with Gasteiger partial charge in [0.2, 0.25) is 17.8 Å². The van der Waals surface area contributed by atoms with Crippen LogP contribution < -0.4 is 4.90 Å². The van der Waals surface area contributed by atoms with Gasteiger partial charge >= 0.3 is 0 Å². The normalized spacial score (nSPS) is 26.9.